The van der Waals surface area contributed by atoms with Crippen LogP contribution in [0.5, 0.6) is 17.2 Å². The summed E-state index contributed by atoms with van der Waals surface area (Å²) in [4.78, 5) is 31.4. The van der Waals surface area contributed by atoms with E-state index in [0.717, 1.165) is 17.9 Å². The standard InChI is InChI=1S/C23H23N3O5S2/c1-29-15-6-4-5-14(11-15)26-22(28)21-18(9-10-32-21)25-23(26)33-13-20(27)24-17-8-7-16(30-2)12-19(17)31-3/h4-8,11-12H,9-10,13H2,1-3H3,(H,24,27). The second-order valence-electron chi connectivity index (χ2n) is 7.01. The van der Waals surface area contributed by atoms with Crippen LogP contribution in [-0.4, -0.2) is 48.3 Å². The van der Waals surface area contributed by atoms with Crippen molar-refractivity contribution in [1.82, 2.24) is 9.55 Å². The Morgan fingerprint density at radius 2 is 1.91 bits per heavy atom. The molecular formula is C23H23N3O5S2. The van der Waals surface area contributed by atoms with Gasteiger partial charge in [0.15, 0.2) is 5.16 Å². The van der Waals surface area contributed by atoms with Gasteiger partial charge in [0.25, 0.3) is 5.56 Å². The van der Waals surface area contributed by atoms with Crippen LogP contribution in [0, 0.1) is 0 Å². The minimum Gasteiger partial charge on any atom is -0.497 e. The van der Waals surface area contributed by atoms with Gasteiger partial charge in [0.1, 0.15) is 17.2 Å². The molecular weight excluding hydrogens is 462 g/mol. The van der Waals surface area contributed by atoms with E-state index in [1.807, 2.05) is 18.2 Å². The molecule has 0 aliphatic carbocycles. The molecule has 4 rings (SSSR count). The Hall–Kier alpha value is -3.11. The first-order chi connectivity index (χ1) is 16.0. The molecule has 33 heavy (non-hydrogen) atoms. The molecule has 1 amide bonds. The summed E-state index contributed by atoms with van der Waals surface area (Å²) in [7, 11) is 4.66. The summed E-state index contributed by atoms with van der Waals surface area (Å²) in [6, 6.07) is 12.4. The molecule has 1 aliphatic rings. The second kappa shape index (κ2) is 10.2. The fraction of sp³-hybridized carbons (Fsp3) is 0.261. The lowest BCUT2D eigenvalue weighted by atomic mass is 10.2. The number of aromatic nitrogens is 2. The first kappa shape index (κ1) is 23.1. The van der Waals surface area contributed by atoms with Crippen LogP contribution in [0.25, 0.3) is 5.69 Å². The number of rotatable bonds is 8. The lowest BCUT2D eigenvalue weighted by Gasteiger charge is -2.15. The molecule has 10 heteroatoms. The van der Waals surface area contributed by atoms with Gasteiger partial charge in [-0.25, -0.2) is 4.98 Å². The number of amides is 1. The largest absolute Gasteiger partial charge is 0.497 e. The van der Waals surface area contributed by atoms with Gasteiger partial charge in [-0.1, -0.05) is 17.8 Å². The number of carbonyl (C=O) groups is 1. The number of fused-ring (bicyclic) bond motifs is 1. The minimum atomic E-state index is -0.246. The van der Waals surface area contributed by atoms with Crippen molar-refractivity contribution in [2.24, 2.45) is 0 Å². The number of anilines is 1. The smallest absolute Gasteiger partial charge is 0.272 e. The van der Waals surface area contributed by atoms with Crippen molar-refractivity contribution >= 4 is 35.1 Å². The molecule has 8 nitrogen and oxygen atoms in total. The predicted molar refractivity (Wildman–Crippen MR) is 130 cm³/mol. The van der Waals surface area contributed by atoms with Crippen LogP contribution in [0.15, 0.2) is 57.3 Å². The van der Waals surface area contributed by atoms with Crippen LogP contribution in [0.2, 0.25) is 0 Å². The molecule has 2 heterocycles. The van der Waals surface area contributed by atoms with E-state index in [9.17, 15) is 9.59 Å². The first-order valence-electron chi connectivity index (χ1n) is 10.1. The summed E-state index contributed by atoms with van der Waals surface area (Å²) in [6.07, 6.45) is 0.733. The molecule has 0 fully saturated rings. The Balaban J connectivity index is 1.60. The minimum absolute atomic E-state index is 0.0670. The molecule has 1 N–H and O–H groups in total. The Bertz CT molecular complexity index is 1250. The summed E-state index contributed by atoms with van der Waals surface area (Å²) in [5, 5.41) is 3.31. The van der Waals surface area contributed by atoms with Crippen LogP contribution in [0.3, 0.4) is 0 Å². The number of methoxy groups -OCH3 is 3. The van der Waals surface area contributed by atoms with Crippen molar-refractivity contribution in [1.29, 1.82) is 0 Å². The second-order valence-corrected chi connectivity index (χ2v) is 9.06. The number of thioether (sulfide) groups is 2. The van der Waals surface area contributed by atoms with Crippen molar-refractivity contribution in [3.8, 4) is 22.9 Å². The van der Waals surface area contributed by atoms with Gasteiger partial charge in [-0.05, 0) is 24.3 Å². The Morgan fingerprint density at radius 3 is 2.67 bits per heavy atom. The van der Waals surface area contributed by atoms with E-state index < -0.39 is 0 Å². The van der Waals surface area contributed by atoms with Gasteiger partial charge in [-0.15, -0.1) is 11.8 Å². The highest BCUT2D eigenvalue weighted by Gasteiger charge is 2.23. The highest BCUT2D eigenvalue weighted by atomic mass is 32.2. The molecule has 0 saturated heterocycles. The van der Waals surface area contributed by atoms with Gasteiger partial charge in [0.05, 0.1) is 49.0 Å². The van der Waals surface area contributed by atoms with E-state index in [2.05, 4.69) is 5.32 Å². The first-order valence-corrected chi connectivity index (χ1v) is 12.1. The van der Waals surface area contributed by atoms with Crippen molar-refractivity contribution in [2.45, 2.75) is 16.5 Å². The zero-order valence-corrected chi connectivity index (χ0v) is 20.0. The van der Waals surface area contributed by atoms with Crippen molar-refractivity contribution < 1.29 is 19.0 Å². The van der Waals surface area contributed by atoms with E-state index in [1.165, 1.54) is 30.6 Å². The molecule has 3 aromatic rings. The zero-order valence-electron chi connectivity index (χ0n) is 18.4. The molecule has 0 radical (unpaired) electrons. The molecule has 0 spiro atoms. The summed E-state index contributed by atoms with van der Waals surface area (Å²) < 4.78 is 17.4. The van der Waals surface area contributed by atoms with Gasteiger partial charge in [0.2, 0.25) is 5.91 Å². The molecule has 2 aromatic carbocycles. The topological polar surface area (TPSA) is 91.7 Å². The summed E-state index contributed by atoms with van der Waals surface area (Å²) >= 11 is 2.72. The van der Waals surface area contributed by atoms with Crippen LogP contribution >= 0.6 is 23.5 Å². The number of benzene rings is 2. The Labute approximate surface area is 199 Å². The monoisotopic (exact) mass is 485 g/mol. The van der Waals surface area contributed by atoms with E-state index in [0.29, 0.717) is 38.7 Å². The number of nitrogens with one attached hydrogen (secondary N) is 1. The van der Waals surface area contributed by atoms with Gasteiger partial charge < -0.3 is 19.5 Å². The average Bonchev–Trinajstić information content (AvgIpc) is 3.32. The summed E-state index contributed by atoms with van der Waals surface area (Å²) in [5.74, 6) is 2.40. The molecule has 0 atom stereocenters. The van der Waals surface area contributed by atoms with Gasteiger partial charge in [-0.2, -0.15) is 0 Å². The number of hydrogen-bond acceptors (Lipinski definition) is 8. The van der Waals surface area contributed by atoms with Crippen molar-refractivity contribution in [3.05, 3.63) is 58.5 Å². The van der Waals surface area contributed by atoms with E-state index in [4.69, 9.17) is 19.2 Å². The highest BCUT2D eigenvalue weighted by Crippen LogP contribution is 2.32. The average molecular weight is 486 g/mol. The third-order valence-corrected chi connectivity index (χ3v) is 7.04. The maximum atomic E-state index is 13.3. The summed E-state index contributed by atoms with van der Waals surface area (Å²) in [5.41, 5.74) is 1.83. The highest BCUT2D eigenvalue weighted by molar-refractivity contribution is 8.00. The van der Waals surface area contributed by atoms with Crippen LogP contribution in [0.4, 0.5) is 5.69 Å². The normalized spacial score (nSPS) is 12.2. The van der Waals surface area contributed by atoms with Crippen LogP contribution < -0.4 is 25.1 Å². The number of nitrogens with zero attached hydrogens (tertiary/aromatic N) is 2. The SMILES string of the molecule is COc1cccc(-n2c(SCC(=O)Nc3ccc(OC)cc3OC)nc3c(c2=O)SCC3)c1. The molecule has 172 valence electrons. The van der Waals surface area contributed by atoms with Crippen LogP contribution in [-0.2, 0) is 11.2 Å². The molecule has 1 aromatic heterocycles. The number of ether oxygens (including phenoxy) is 3. The Kier molecular flexibility index (Phi) is 7.14. The Morgan fingerprint density at radius 1 is 1.12 bits per heavy atom. The lowest BCUT2D eigenvalue weighted by molar-refractivity contribution is -0.113. The quantitative estimate of drug-likeness (QED) is 0.382. The van der Waals surface area contributed by atoms with Crippen molar-refractivity contribution in [3.63, 3.8) is 0 Å². The fourth-order valence-corrected chi connectivity index (χ4v) is 5.24. The van der Waals surface area contributed by atoms with E-state index in [-0.39, 0.29) is 17.2 Å². The summed E-state index contributed by atoms with van der Waals surface area (Å²) in [6.45, 7) is 0. The molecule has 0 saturated carbocycles. The maximum absolute atomic E-state index is 13.3. The van der Waals surface area contributed by atoms with Gasteiger partial charge in [0, 0.05) is 24.3 Å². The fourth-order valence-electron chi connectivity index (χ4n) is 3.38. The predicted octanol–water partition coefficient (Wildman–Crippen LogP) is 3.64. The number of aryl methyl sites for hydroxylation is 1. The van der Waals surface area contributed by atoms with Crippen LogP contribution in [0.1, 0.15) is 5.69 Å². The van der Waals surface area contributed by atoms with E-state index in [1.54, 1.807) is 43.1 Å². The van der Waals surface area contributed by atoms with Gasteiger partial charge in [-0.3, -0.25) is 14.2 Å². The molecule has 0 bridgehead atoms. The third kappa shape index (κ3) is 4.96. The zero-order chi connectivity index (χ0) is 23.4. The third-order valence-electron chi connectivity index (χ3n) is 4.99. The maximum Gasteiger partial charge on any atom is 0.272 e. The van der Waals surface area contributed by atoms with E-state index >= 15 is 0 Å². The molecule has 0 unspecified atom stereocenters. The van der Waals surface area contributed by atoms with Gasteiger partial charge >= 0.3 is 0 Å². The lowest BCUT2D eigenvalue weighted by Crippen LogP contribution is -2.24. The molecule has 1 aliphatic heterocycles. The number of hydrogen-bond donors (Lipinski definition) is 1. The van der Waals surface area contributed by atoms with Crippen molar-refractivity contribution in [2.75, 3.05) is 38.2 Å². The number of carbonyl (C=O) groups excluding carboxylic acids is 1.